The van der Waals surface area contributed by atoms with Crippen LogP contribution in [0.2, 0.25) is 5.15 Å². The van der Waals surface area contributed by atoms with Crippen LogP contribution < -0.4 is 0 Å². The van der Waals surface area contributed by atoms with Crippen LogP contribution in [0.4, 0.5) is 0 Å². The number of allylic oxidation sites excluding steroid dienone is 1. The van der Waals surface area contributed by atoms with E-state index in [4.69, 9.17) is 23.2 Å². The van der Waals surface area contributed by atoms with Gasteiger partial charge >= 0.3 is 0 Å². The third-order valence-corrected chi connectivity index (χ3v) is 2.72. The summed E-state index contributed by atoms with van der Waals surface area (Å²) in [7, 11) is 0. The molecular weight excluding hydrogens is 243 g/mol. The normalized spacial score (nSPS) is 11.4. The number of rotatable bonds is 3. The van der Waals surface area contributed by atoms with Crippen LogP contribution in [0, 0.1) is 0 Å². The molecule has 0 N–H and O–H groups in total. The topological polar surface area (TPSA) is 25.8 Å². The fourth-order valence-electron chi connectivity index (χ4n) is 1.43. The van der Waals surface area contributed by atoms with E-state index in [2.05, 4.69) is 9.97 Å². The third kappa shape index (κ3) is 2.52. The predicted molar refractivity (Wildman–Crippen MR) is 68.9 cm³/mol. The van der Waals surface area contributed by atoms with Gasteiger partial charge in [-0.3, -0.25) is 0 Å². The third-order valence-electron chi connectivity index (χ3n) is 2.20. The number of alkyl halides is 1. The molecule has 0 bridgehead atoms. The summed E-state index contributed by atoms with van der Waals surface area (Å²) < 4.78 is 0. The molecule has 2 nitrogen and oxygen atoms in total. The summed E-state index contributed by atoms with van der Waals surface area (Å²) >= 11 is 11.6. The monoisotopic (exact) mass is 252 g/mol. The van der Waals surface area contributed by atoms with Crippen LogP contribution in [0.1, 0.15) is 12.0 Å². The Balaban J connectivity index is 2.39. The Bertz CT molecular complexity index is 523. The molecule has 0 aliphatic carbocycles. The Morgan fingerprint density at radius 1 is 1.25 bits per heavy atom. The minimum absolute atomic E-state index is 0.484. The molecule has 1 heterocycles. The molecule has 1 aromatic heterocycles. The minimum Gasteiger partial charge on any atom is -0.236 e. The van der Waals surface area contributed by atoms with E-state index in [1.54, 1.807) is 0 Å². The summed E-state index contributed by atoms with van der Waals surface area (Å²) in [5.74, 6) is 0.633. The maximum atomic E-state index is 5.99. The highest BCUT2D eigenvalue weighted by atomic mass is 35.5. The predicted octanol–water partition coefficient (Wildman–Crippen LogP) is 3.93. The zero-order valence-electron chi connectivity index (χ0n) is 8.53. The largest absolute Gasteiger partial charge is 0.236 e. The van der Waals surface area contributed by atoms with Crippen molar-refractivity contribution in [1.82, 2.24) is 9.97 Å². The second-order valence-electron chi connectivity index (χ2n) is 3.32. The molecule has 0 atom stereocenters. The lowest BCUT2D eigenvalue weighted by Crippen LogP contribution is -1.84. The van der Waals surface area contributed by atoms with Crippen molar-refractivity contribution in [2.24, 2.45) is 0 Å². The first-order chi connectivity index (χ1) is 7.81. The number of hydrogen-bond donors (Lipinski definition) is 0. The second-order valence-corrected chi connectivity index (χ2v) is 4.06. The Labute approximate surface area is 104 Å². The zero-order chi connectivity index (χ0) is 11.4. The lowest BCUT2D eigenvalue weighted by molar-refractivity contribution is 1.22. The van der Waals surface area contributed by atoms with Gasteiger partial charge in [0.05, 0.1) is 5.52 Å². The average molecular weight is 253 g/mol. The van der Waals surface area contributed by atoms with E-state index in [1.165, 1.54) is 6.33 Å². The Kier molecular flexibility index (Phi) is 3.75. The molecule has 0 saturated heterocycles. The standard InChI is InChI=1S/C12H10Cl2N2/c13-6-2-1-3-9-4-5-11-10(7-9)12(14)16-8-15-11/h1,3-5,7-8H,2,6H2. The van der Waals surface area contributed by atoms with Crippen LogP contribution in [0.3, 0.4) is 0 Å². The average Bonchev–Trinajstić information content (AvgIpc) is 2.30. The number of hydrogen-bond acceptors (Lipinski definition) is 2. The van der Waals surface area contributed by atoms with Crippen LogP contribution >= 0.6 is 23.2 Å². The molecule has 2 rings (SSSR count). The van der Waals surface area contributed by atoms with E-state index in [-0.39, 0.29) is 0 Å². The van der Waals surface area contributed by atoms with E-state index < -0.39 is 0 Å². The van der Waals surface area contributed by atoms with Crippen molar-refractivity contribution < 1.29 is 0 Å². The van der Waals surface area contributed by atoms with Crippen molar-refractivity contribution in [3.63, 3.8) is 0 Å². The fraction of sp³-hybridized carbons (Fsp3) is 0.167. The summed E-state index contributed by atoms with van der Waals surface area (Å²) in [4.78, 5) is 8.09. The van der Waals surface area contributed by atoms with Gasteiger partial charge in [-0.1, -0.05) is 29.8 Å². The molecule has 16 heavy (non-hydrogen) atoms. The van der Waals surface area contributed by atoms with Crippen molar-refractivity contribution in [2.75, 3.05) is 5.88 Å². The van der Waals surface area contributed by atoms with Gasteiger partial charge < -0.3 is 0 Å². The molecule has 0 unspecified atom stereocenters. The molecule has 0 saturated carbocycles. The van der Waals surface area contributed by atoms with Crippen LogP contribution in [0.25, 0.3) is 17.0 Å². The first kappa shape index (κ1) is 11.4. The second kappa shape index (κ2) is 5.28. The van der Waals surface area contributed by atoms with E-state index in [0.29, 0.717) is 11.0 Å². The molecule has 1 aromatic carbocycles. The van der Waals surface area contributed by atoms with Gasteiger partial charge in [0.1, 0.15) is 11.5 Å². The molecule has 0 aliphatic heterocycles. The molecule has 0 amide bonds. The quantitative estimate of drug-likeness (QED) is 0.611. The number of fused-ring (bicyclic) bond motifs is 1. The van der Waals surface area contributed by atoms with Crippen LogP contribution in [0.5, 0.6) is 0 Å². The van der Waals surface area contributed by atoms with Crippen molar-refractivity contribution in [2.45, 2.75) is 6.42 Å². The molecule has 82 valence electrons. The van der Waals surface area contributed by atoms with Crippen LogP contribution in [-0.4, -0.2) is 15.8 Å². The first-order valence-corrected chi connectivity index (χ1v) is 5.85. The maximum absolute atomic E-state index is 5.99. The van der Waals surface area contributed by atoms with Gasteiger partial charge in [-0.05, 0) is 24.1 Å². The van der Waals surface area contributed by atoms with Gasteiger partial charge in [-0.15, -0.1) is 11.6 Å². The van der Waals surface area contributed by atoms with Gasteiger partial charge in [-0.25, -0.2) is 9.97 Å². The summed E-state index contributed by atoms with van der Waals surface area (Å²) in [6, 6.07) is 5.90. The lowest BCUT2D eigenvalue weighted by Gasteiger charge is -2.00. The summed E-state index contributed by atoms with van der Waals surface area (Å²) in [6.07, 6.45) is 6.38. The van der Waals surface area contributed by atoms with Gasteiger partial charge in [0.25, 0.3) is 0 Å². The van der Waals surface area contributed by atoms with Crippen molar-refractivity contribution in [3.05, 3.63) is 41.3 Å². The van der Waals surface area contributed by atoms with Crippen molar-refractivity contribution in [1.29, 1.82) is 0 Å². The molecule has 0 spiro atoms. The van der Waals surface area contributed by atoms with Crippen molar-refractivity contribution in [3.8, 4) is 0 Å². The lowest BCUT2D eigenvalue weighted by atomic mass is 10.1. The SMILES string of the molecule is ClCCC=Cc1ccc2ncnc(Cl)c2c1. The van der Waals surface area contributed by atoms with Gasteiger partial charge in [0.15, 0.2) is 0 Å². The number of nitrogens with zero attached hydrogens (tertiary/aromatic N) is 2. The van der Waals surface area contributed by atoms with Crippen LogP contribution in [-0.2, 0) is 0 Å². The number of aromatic nitrogens is 2. The minimum atomic E-state index is 0.484. The van der Waals surface area contributed by atoms with Gasteiger partial charge in [-0.2, -0.15) is 0 Å². The van der Waals surface area contributed by atoms with E-state index >= 15 is 0 Å². The maximum Gasteiger partial charge on any atom is 0.140 e. The highest BCUT2D eigenvalue weighted by molar-refractivity contribution is 6.34. The Morgan fingerprint density at radius 2 is 2.12 bits per heavy atom. The molecule has 0 aliphatic rings. The number of benzene rings is 1. The van der Waals surface area contributed by atoms with Crippen LogP contribution in [0.15, 0.2) is 30.6 Å². The molecule has 4 heteroatoms. The van der Waals surface area contributed by atoms with E-state index in [9.17, 15) is 0 Å². The molecule has 2 aromatic rings. The Morgan fingerprint density at radius 3 is 2.94 bits per heavy atom. The van der Waals surface area contributed by atoms with Gasteiger partial charge in [0, 0.05) is 11.3 Å². The highest BCUT2D eigenvalue weighted by Crippen LogP contribution is 2.21. The Hall–Kier alpha value is -1.12. The van der Waals surface area contributed by atoms with E-state index in [1.807, 2.05) is 30.4 Å². The fourth-order valence-corrected chi connectivity index (χ4v) is 1.75. The summed E-state index contributed by atoms with van der Waals surface area (Å²) in [6.45, 7) is 0. The van der Waals surface area contributed by atoms with Crippen molar-refractivity contribution >= 4 is 40.2 Å². The summed E-state index contributed by atoms with van der Waals surface area (Å²) in [5.41, 5.74) is 1.93. The first-order valence-electron chi connectivity index (χ1n) is 4.94. The molecule has 0 radical (unpaired) electrons. The van der Waals surface area contributed by atoms with Gasteiger partial charge in [0.2, 0.25) is 0 Å². The number of halogens is 2. The van der Waals surface area contributed by atoms with E-state index in [0.717, 1.165) is 22.9 Å². The highest BCUT2D eigenvalue weighted by Gasteiger charge is 2.00. The molecular formula is C12H10Cl2N2. The summed E-state index contributed by atoms with van der Waals surface area (Å²) in [5, 5.41) is 1.36. The zero-order valence-corrected chi connectivity index (χ0v) is 10.0. The molecule has 0 fully saturated rings. The smallest absolute Gasteiger partial charge is 0.140 e.